The van der Waals surface area contributed by atoms with Gasteiger partial charge in [0.05, 0.1) is 22.5 Å². The SMILES string of the molecule is COc1cc(/C=C(\C#N)C(=O)c2ccoc2C)cc(I)c1O. The lowest BCUT2D eigenvalue weighted by Gasteiger charge is -2.07. The standard InChI is InChI=1S/C16H12INO4/c1-9-12(3-4-22-9)15(19)11(8-18)5-10-6-13(17)16(20)14(7-10)21-2/h3-7,20H,1-2H3/b11-5+. The highest BCUT2D eigenvalue weighted by atomic mass is 127. The number of ether oxygens (including phenoxy) is 1. The summed E-state index contributed by atoms with van der Waals surface area (Å²) in [6.07, 6.45) is 2.86. The molecule has 6 heteroatoms. The summed E-state index contributed by atoms with van der Waals surface area (Å²) in [6.45, 7) is 1.66. The summed E-state index contributed by atoms with van der Waals surface area (Å²) in [6, 6.07) is 6.65. The number of nitrogens with zero attached hydrogens (tertiary/aromatic N) is 1. The van der Waals surface area contributed by atoms with Crippen LogP contribution in [0.1, 0.15) is 21.7 Å². The monoisotopic (exact) mass is 409 g/mol. The largest absolute Gasteiger partial charge is 0.504 e. The first-order valence-electron chi connectivity index (χ1n) is 6.25. The number of carbonyl (C=O) groups excluding carboxylic acids is 1. The Labute approximate surface area is 141 Å². The number of Topliss-reactive ketones (excluding diaryl/α,β-unsaturated/α-hetero) is 1. The second kappa shape index (κ2) is 6.66. The molecule has 0 saturated carbocycles. The van der Waals surface area contributed by atoms with Gasteiger partial charge < -0.3 is 14.3 Å². The molecule has 1 N–H and O–H groups in total. The number of hydrogen-bond acceptors (Lipinski definition) is 5. The third-order valence-electron chi connectivity index (χ3n) is 3.05. The van der Waals surface area contributed by atoms with Crippen LogP contribution in [0.15, 0.2) is 34.5 Å². The fourth-order valence-corrected chi connectivity index (χ4v) is 2.54. The highest BCUT2D eigenvalue weighted by Crippen LogP contribution is 2.33. The van der Waals surface area contributed by atoms with Crippen molar-refractivity contribution in [2.45, 2.75) is 6.92 Å². The van der Waals surface area contributed by atoms with Gasteiger partial charge in [0.2, 0.25) is 5.78 Å². The third-order valence-corrected chi connectivity index (χ3v) is 3.87. The normalized spacial score (nSPS) is 11.1. The number of nitriles is 1. The van der Waals surface area contributed by atoms with E-state index >= 15 is 0 Å². The van der Waals surface area contributed by atoms with Crippen LogP contribution in [0.5, 0.6) is 11.5 Å². The Balaban J connectivity index is 2.46. The Morgan fingerprint density at radius 2 is 2.23 bits per heavy atom. The molecular weight excluding hydrogens is 397 g/mol. The first-order valence-corrected chi connectivity index (χ1v) is 7.33. The smallest absolute Gasteiger partial charge is 0.207 e. The van der Waals surface area contributed by atoms with Crippen LogP contribution in [-0.2, 0) is 0 Å². The topological polar surface area (TPSA) is 83.5 Å². The summed E-state index contributed by atoms with van der Waals surface area (Å²) in [5.74, 6) is 0.359. The van der Waals surface area contributed by atoms with Crippen molar-refractivity contribution < 1.29 is 19.1 Å². The number of phenols is 1. The van der Waals surface area contributed by atoms with Gasteiger partial charge in [0, 0.05) is 0 Å². The molecule has 0 bridgehead atoms. The molecule has 112 valence electrons. The van der Waals surface area contributed by atoms with Crippen molar-refractivity contribution >= 4 is 34.5 Å². The van der Waals surface area contributed by atoms with Crippen LogP contribution in [0.3, 0.4) is 0 Å². The summed E-state index contributed by atoms with van der Waals surface area (Å²) in [5.41, 5.74) is 0.923. The van der Waals surface area contributed by atoms with Crippen LogP contribution in [0.2, 0.25) is 0 Å². The maximum absolute atomic E-state index is 12.3. The van der Waals surface area contributed by atoms with E-state index in [1.807, 2.05) is 28.7 Å². The van der Waals surface area contributed by atoms with Gasteiger partial charge in [-0.2, -0.15) is 5.26 Å². The van der Waals surface area contributed by atoms with E-state index < -0.39 is 5.78 Å². The van der Waals surface area contributed by atoms with Crippen molar-refractivity contribution in [2.24, 2.45) is 0 Å². The summed E-state index contributed by atoms with van der Waals surface area (Å²) in [4.78, 5) is 12.3. The lowest BCUT2D eigenvalue weighted by atomic mass is 10.0. The zero-order valence-corrected chi connectivity index (χ0v) is 14.0. The molecular formula is C16H12INO4. The maximum atomic E-state index is 12.3. The summed E-state index contributed by atoms with van der Waals surface area (Å²) >= 11 is 1.95. The molecule has 0 unspecified atom stereocenters. The number of ketones is 1. The molecule has 0 aliphatic rings. The number of carbonyl (C=O) groups is 1. The second-order valence-electron chi connectivity index (χ2n) is 4.44. The minimum Gasteiger partial charge on any atom is -0.504 e. The van der Waals surface area contributed by atoms with Crippen molar-refractivity contribution in [3.05, 3.63) is 50.5 Å². The summed E-state index contributed by atoms with van der Waals surface area (Å²) < 4.78 is 10.7. The number of phenolic OH excluding ortho intramolecular Hbond substituents is 1. The quantitative estimate of drug-likeness (QED) is 0.361. The predicted octanol–water partition coefficient (Wildman–Crippen LogP) is 3.70. The highest BCUT2D eigenvalue weighted by Gasteiger charge is 2.17. The number of allylic oxidation sites excluding steroid dienone is 1. The van der Waals surface area contributed by atoms with E-state index in [4.69, 9.17) is 9.15 Å². The van der Waals surface area contributed by atoms with Gasteiger partial charge >= 0.3 is 0 Å². The lowest BCUT2D eigenvalue weighted by molar-refractivity contribution is 0.103. The van der Waals surface area contributed by atoms with E-state index in [2.05, 4.69) is 0 Å². The van der Waals surface area contributed by atoms with E-state index in [0.717, 1.165) is 0 Å². The molecule has 5 nitrogen and oxygen atoms in total. The predicted molar refractivity (Wildman–Crippen MR) is 88.7 cm³/mol. The van der Waals surface area contributed by atoms with Crippen molar-refractivity contribution in [2.75, 3.05) is 7.11 Å². The molecule has 1 heterocycles. The number of hydrogen-bond donors (Lipinski definition) is 1. The van der Waals surface area contributed by atoms with Crippen molar-refractivity contribution in [3.63, 3.8) is 0 Å². The third kappa shape index (κ3) is 3.14. The molecule has 2 rings (SSSR count). The van der Waals surface area contributed by atoms with E-state index in [9.17, 15) is 15.2 Å². The molecule has 0 atom stereocenters. The maximum Gasteiger partial charge on any atom is 0.207 e. The molecule has 0 radical (unpaired) electrons. The van der Waals surface area contributed by atoms with E-state index in [1.54, 1.807) is 19.1 Å². The Kier molecular flexibility index (Phi) is 4.88. The van der Waals surface area contributed by atoms with Gasteiger partial charge in [-0.15, -0.1) is 0 Å². The van der Waals surface area contributed by atoms with Gasteiger partial charge in [0.15, 0.2) is 11.5 Å². The number of rotatable bonds is 4. The fourth-order valence-electron chi connectivity index (χ4n) is 1.91. The minimum atomic E-state index is -0.407. The van der Waals surface area contributed by atoms with Crippen LogP contribution in [-0.4, -0.2) is 18.0 Å². The Morgan fingerprint density at radius 1 is 1.50 bits per heavy atom. The average molecular weight is 409 g/mol. The average Bonchev–Trinajstić information content (AvgIpc) is 2.93. The number of aryl methyl sites for hydroxylation is 1. The van der Waals surface area contributed by atoms with E-state index in [0.29, 0.717) is 20.5 Å². The fraction of sp³-hybridized carbons (Fsp3) is 0.125. The van der Waals surface area contributed by atoms with Gasteiger partial charge in [-0.05, 0) is 59.4 Å². The van der Waals surface area contributed by atoms with Crippen LogP contribution < -0.4 is 4.74 Å². The number of methoxy groups -OCH3 is 1. The highest BCUT2D eigenvalue weighted by molar-refractivity contribution is 14.1. The minimum absolute atomic E-state index is 0.0203. The number of benzene rings is 1. The number of furan rings is 1. The van der Waals surface area contributed by atoms with E-state index in [1.165, 1.54) is 25.5 Å². The van der Waals surface area contributed by atoms with Gasteiger partial charge in [-0.1, -0.05) is 0 Å². The molecule has 2 aromatic rings. The summed E-state index contributed by atoms with van der Waals surface area (Å²) in [7, 11) is 1.43. The Hall–Kier alpha value is -2.27. The molecule has 0 aliphatic heterocycles. The Morgan fingerprint density at radius 3 is 2.77 bits per heavy atom. The van der Waals surface area contributed by atoms with Crippen LogP contribution >= 0.6 is 22.6 Å². The molecule has 1 aromatic heterocycles. The van der Waals surface area contributed by atoms with Gasteiger partial charge in [0.25, 0.3) is 0 Å². The van der Waals surface area contributed by atoms with E-state index in [-0.39, 0.29) is 17.1 Å². The van der Waals surface area contributed by atoms with Crippen molar-refractivity contribution in [1.82, 2.24) is 0 Å². The number of halogens is 1. The zero-order chi connectivity index (χ0) is 16.3. The van der Waals surface area contributed by atoms with Crippen LogP contribution in [0.4, 0.5) is 0 Å². The van der Waals surface area contributed by atoms with Gasteiger partial charge in [-0.25, -0.2) is 0 Å². The number of aromatic hydroxyl groups is 1. The molecule has 0 saturated heterocycles. The molecule has 0 aliphatic carbocycles. The van der Waals surface area contributed by atoms with Gasteiger partial charge in [0.1, 0.15) is 17.4 Å². The first-order chi connectivity index (χ1) is 10.5. The van der Waals surface area contributed by atoms with Crippen LogP contribution in [0.25, 0.3) is 6.08 Å². The molecule has 0 amide bonds. The summed E-state index contributed by atoms with van der Waals surface area (Å²) in [5, 5.41) is 19.1. The molecule has 22 heavy (non-hydrogen) atoms. The van der Waals surface area contributed by atoms with Crippen molar-refractivity contribution in [3.8, 4) is 17.6 Å². The lowest BCUT2D eigenvalue weighted by Crippen LogP contribution is -2.02. The molecule has 0 fully saturated rings. The second-order valence-corrected chi connectivity index (χ2v) is 5.61. The van der Waals surface area contributed by atoms with Crippen molar-refractivity contribution in [1.29, 1.82) is 5.26 Å². The molecule has 1 aromatic carbocycles. The van der Waals surface area contributed by atoms with Gasteiger partial charge in [-0.3, -0.25) is 4.79 Å². The molecule has 0 spiro atoms. The zero-order valence-electron chi connectivity index (χ0n) is 11.9. The Bertz CT molecular complexity index is 799. The van der Waals surface area contributed by atoms with Crippen LogP contribution in [0, 0.1) is 21.8 Å². The first kappa shape index (κ1) is 16.1.